The molecule has 0 radical (unpaired) electrons. The molecule has 0 amide bonds. The van der Waals surface area contributed by atoms with E-state index in [4.69, 9.17) is 16.7 Å². The van der Waals surface area contributed by atoms with Crippen molar-refractivity contribution in [2.24, 2.45) is 0 Å². The lowest BCUT2D eigenvalue weighted by molar-refractivity contribution is -0.146. The number of aliphatic hydroxyl groups is 1. The van der Waals surface area contributed by atoms with E-state index in [9.17, 15) is 14.7 Å². The van der Waals surface area contributed by atoms with Crippen molar-refractivity contribution in [1.29, 1.82) is 0 Å². The van der Waals surface area contributed by atoms with Gasteiger partial charge in [-0.25, -0.2) is 4.79 Å². The van der Waals surface area contributed by atoms with Crippen molar-refractivity contribution < 1.29 is 19.8 Å². The van der Waals surface area contributed by atoms with Crippen LogP contribution in [0.5, 0.6) is 0 Å². The molecule has 0 heterocycles. The minimum Gasteiger partial charge on any atom is -0.479 e. The van der Waals surface area contributed by atoms with Crippen LogP contribution in [0.1, 0.15) is 35.4 Å². The summed E-state index contributed by atoms with van der Waals surface area (Å²) in [5, 5.41) is 18.4. The first-order valence-corrected chi connectivity index (χ1v) is 5.08. The third-order valence-electron chi connectivity index (χ3n) is 2.17. The molecule has 1 aromatic carbocycles. The van der Waals surface area contributed by atoms with Crippen molar-refractivity contribution in [2.75, 3.05) is 0 Å². The predicted octanol–water partition coefficient (Wildman–Crippen LogP) is 2.05. The van der Waals surface area contributed by atoms with E-state index in [-0.39, 0.29) is 23.3 Å². The first-order valence-electron chi connectivity index (χ1n) is 4.71. The quantitative estimate of drug-likeness (QED) is 0.793. The first kappa shape index (κ1) is 12.7. The molecule has 86 valence electrons. The van der Waals surface area contributed by atoms with E-state index in [0.717, 1.165) is 0 Å². The molecule has 0 saturated heterocycles. The Morgan fingerprint density at radius 2 is 2.06 bits per heavy atom. The largest absolute Gasteiger partial charge is 0.479 e. The van der Waals surface area contributed by atoms with Crippen molar-refractivity contribution >= 4 is 23.4 Å². The molecule has 16 heavy (non-hydrogen) atoms. The molecule has 0 bridgehead atoms. The number of ketones is 1. The lowest BCUT2D eigenvalue weighted by Crippen LogP contribution is -2.14. The monoisotopic (exact) mass is 242 g/mol. The van der Waals surface area contributed by atoms with Gasteiger partial charge in [0, 0.05) is 22.6 Å². The van der Waals surface area contributed by atoms with Crippen molar-refractivity contribution in [3.8, 4) is 0 Å². The molecule has 0 aliphatic carbocycles. The number of hydrogen-bond donors (Lipinski definition) is 2. The maximum absolute atomic E-state index is 11.6. The molecular formula is C11H11ClO4. The van der Waals surface area contributed by atoms with Crippen LogP contribution in [-0.4, -0.2) is 22.0 Å². The van der Waals surface area contributed by atoms with Crippen LogP contribution < -0.4 is 0 Å². The molecule has 0 aromatic heterocycles. The Balaban J connectivity index is 3.27. The van der Waals surface area contributed by atoms with Gasteiger partial charge in [0.15, 0.2) is 11.9 Å². The average molecular weight is 243 g/mol. The number of aliphatic carboxylic acids is 1. The number of hydrogen-bond acceptors (Lipinski definition) is 3. The average Bonchev–Trinajstić information content (AvgIpc) is 2.26. The van der Waals surface area contributed by atoms with E-state index in [2.05, 4.69) is 0 Å². The Hall–Kier alpha value is -1.39. The molecule has 1 aromatic rings. The van der Waals surface area contributed by atoms with Gasteiger partial charge in [0.05, 0.1) is 0 Å². The highest BCUT2D eigenvalue weighted by Gasteiger charge is 2.22. The van der Waals surface area contributed by atoms with Gasteiger partial charge >= 0.3 is 5.97 Å². The minimum absolute atomic E-state index is 0.0729. The third-order valence-corrected chi connectivity index (χ3v) is 2.40. The van der Waals surface area contributed by atoms with E-state index < -0.39 is 12.1 Å². The highest BCUT2D eigenvalue weighted by molar-refractivity contribution is 6.31. The Morgan fingerprint density at radius 3 is 2.56 bits per heavy atom. The normalized spacial score (nSPS) is 12.2. The van der Waals surface area contributed by atoms with Crippen LogP contribution in [-0.2, 0) is 4.79 Å². The van der Waals surface area contributed by atoms with Gasteiger partial charge in [-0.1, -0.05) is 24.6 Å². The van der Waals surface area contributed by atoms with Crippen LogP contribution >= 0.6 is 11.6 Å². The van der Waals surface area contributed by atoms with Gasteiger partial charge in [0.2, 0.25) is 0 Å². The molecule has 0 saturated carbocycles. The van der Waals surface area contributed by atoms with Crippen molar-refractivity contribution in [3.05, 3.63) is 34.3 Å². The van der Waals surface area contributed by atoms with Crippen molar-refractivity contribution in [1.82, 2.24) is 0 Å². The Bertz CT molecular complexity index is 428. The van der Waals surface area contributed by atoms with E-state index in [1.807, 2.05) is 0 Å². The van der Waals surface area contributed by atoms with Gasteiger partial charge in [-0.2, -0.15) is 0 Å². The Morgan fingerprint density at radius 1 is 1.44 bits per heavy atom. The number of carbonyl (C=O) groups is 2. The minimum atomic E-state index is -1.71. The smallest absolute Gasteiger partial charge is 0.337 e. The fraction of sp³-hybridized carbons (Fsp3) is 0.273. The zero-order valence-electron chi connectivity index (χ0n) is 8.61. The van der Waals surface area contributed by atoms with E-state index >= 15 is 0 Å². The molecular weight excluding hydrogens is 232 g/mol. The summed E-state index contributed by atoms with van der Waals surface area (Å²) >= 11 is 5.72. The summed E-state index contributed by atoms with van der Waals surface area (Å²) < 4.78 is 0. The Labute approximate surface area is 97.5 Å². The van der Waals surface area contributed by atoms with Crippen LogP contribution in [0.2, 0.25) is 5.02 Å². The number of carboxylic acids is 1. The summed E-state index contributed by atoms with van der Waals surface area (Å²) in [4.78, 5) is 22.2. The number of carbonyl (C=O) groups excluding carboxylic acids is 1. The molecule has 0 aliphatic heterocycles. The van der Waals surface area contributed by atoms with Gasteiger partial charge < -0.3 is 10.2 Å². The molecule has 0 spiro atoms. The second-order valence-electron chi connectivity index (χ2n) is 3.25. The summed E-state index contributed by atoms with van der Waals surface area (Å²) in [7, 11) is 0. The maximum atomic E-state index is 11.6. The van der Waals surface area contributed by atoms with E-state index in [1.165, 1.54) is 18.2 Å². The second kappa shape index (κ2) is 5.09. The van der Waals surface area contributed by atoms with Crippen LogP contribution in [0, 0.1) is 0 Å². The number of rotatable bonds is 4. The summed E-state index contributed by atoms with van der Waals surface area (Å²) in [5.74, 6) is -1.65. The molecule has 5 heteroatoms. The maximum Gasteiger partial charge on any atom is 0.337 e. The van der Waals surface area contributed by atoms with Gasteiger partial charge in [0.1, 0.15) is 0 Å². The predicted molar refractivity (Wildman–Crippen MR) is 58.7 cm³/mol. The molecule has 1 unspecified atom stereocenters. The summed E-state index contributed by atoms with van der Waals surface area (Å²) in [6.07, 6.45) is -1.48. The number of benzene rings is 1. The van der Waals surface area contributed by atoms with E-state index in [0.29, 0.717) is 5.02 Å². The van der Waals surface area contributed by atoms with Crippen molar-refractivity contribution in [3.63, 3.8) is 0 Å². The molecule has 2 N–H and O–H groups in total. The first-order chi connectivity index (χ1) is 7.47. The SMILES string of the molecule is CCC(=O)c1cc(Cl)ccc1C(O)C(=O)O. The number of aliphatic hydroxyl groups excluding tert-OH is 1. The number of carboxylic acid groups (broad SMARTS) is 1. The standard InChI is InChI=1S/C11H11ClO4/c1-2-9(13)8-5-6(12)3-4-7(8)10(14)11(15)16/h3-5,10,14H,2H2,1H3,(H,15,16). The second-order valence-corrected chi connectivity index (χ2v) is 3.69. The fourth-order valence-electron chi connectivity index (χ4n) is 1.33. The molecule has 4 nitrogen and oxygen atoms in total. The fourth-order valence-corrected chi connectivity index (χ4v) is 1.50. The summed E-state index contributed by atoms with van der Waals surface area (Å²) in [6.45, 7) is 1.65. The molecule has 0 aliphatic rings. The summed E-state index contributed by atoms with van der Waals surface area (Å²) in [5.41, 5.74) is 0.230. The summed E-state index contributed by atoms with van der Waals surface area (Å²) in [6, 6.07) is 4.16. The zero-order chi connectivity index (χ0) is 12.3. The highest BCUT2D eigenvalue weighted by Crippen LogP contribution is 2.23. The molecule has 1 atom stereocenters. The van der Waals surface area contributed by atoms with Crippen LogP contribution in [0.4, 0.5) is 0 Å². The van der Waals surface area contributed by atoms with Gasteiger partial charge in [-0.05, 0) is 12.1 Å². The lowest BCUT2D eigenvalue weighted by atomic mass is 9.98. The molecule has 0 fully saturated rings. The number of Topliss-reactive ketones (excluding diaryl/α,β-unsaturated/α-hetero) is 1. The highest BCUT2D eigenvalue weighted by atomic mass is 35.5. The zero-order valence-corrected chi connectivity index (χ0v) is 9.36. The third kappa shape index (κ3) is 2.59. The topological polar surface area (TPSA) is 74.6 Å². The molecule has 1 rings (SSSR count). The van der Waals surface area contributed by atoms with Gasteiger partial charge in [0.25, 0.3) is 0 Å². The van der Waals surface area contributed by atoms with Crippen LogP contribution in [0.25, 0.3) is 0 Å². The van der Waals surface area contributed by atoms with Gasteiger partial charge in [-0.3, -0.25) is 4.79 Å². The van der Waals surface area contributed by atoms with Crippen LogP contribution in [0.3, 0.4) is 0 Å². The number of halogens is 1. The Kier molecular flexibility index (Phi) is 4.04. The van der Waals surface area contributed by atoms with Gasteiger partial charge in [-0.15, -0.1) is 0 Å². The lowest BCUT2D eigenvalue weighted by Gasteiger charge is -2.11. The van der Waals surface area contributed by atoms with Crippen LogP contribution in [0.15, 0.2) is 18.2 Å². The van der Waals surface area contributed by atoms with E-state index in [1.54, 1.807) is 6.92 Å². The van der Waals surface area contributed by atoms with Crippen molar-refractivity contribution in [2.45, 2.75) is 19.4 Å².